The molecule has 0 aliphatic carbocycles. The number of thiophene rings is 1. The van der Waals surface area contributed by atoms with Crippen molar-refractivity contribution in [2.24, 2.45) is 11.5 Å². The van der Waals surface area contributed by atoms with Crippen LogP contribution in [0.15, 0.2) is 11.4 Å². The van der Waals surface area contributed by atoms with Crippen molar-refractivity contribution in [2.45, 2.75) is 25.3 Å². The smallest absolute Gasteiger partial charge is 0.255 e. The van der Waals surface area contributed by atoms with E-state index in [9.17, 15) is 9.59 Å². The van der Waals surface area contributed by atoms with E-state index in [0.29, 0.717) is 18.5 Å². The highest BCUT2D eigenvalue weighted by molar-refractivity contribution is 7.10. The predicted molar refractivity (Wildman–Crippen MR) is 78.1 cm³/mol. The van der Waals surface area contributed by atoms with Crippen LogP contribution in [0.4, 0.5) is 0 Å². The Kier molecular flexibility index (Phi) is 4.77. The Morgan fingerprint density at radius 2 is 2.25 bits per heavy atom. The SMILES string of the molecule is NCC#Cc1cc(C(=O)N2CCCCC2C(N)=O)cs1. The van der Waals surface area contributed by atoms with E-state index >= 15 is 0 Å². The summed E-state index contributed by atoms with van der Waals surface area (Å²) >= 11 is 1.40. The first kappa shape index (κ1) is 14.6. The van der Waals surface area contributed by atoms with Crippen LogP contribution in [-0.2, 0) is 4.79 Å². The molecule has 0 bridgehead atoms. The molecule has 0 aromatic carbocycles. The van der Waals surface area contributed by atoms with Crippen molar-refractivity contribution in [1.82, 2.24) is 4.90 Å². The maximum atomic E-state index is 12.5. The van der Waals surface area contributed by atoms with Crippen LogP contribution in [0.1, 0.15) is 34.5 Å². The van der Waals surface area contributed by atoms with E-state index in [4.69, 9.17) is 11.5 Å². The topological polar surface area (TPSA) is 89.4 Å². The number of likely N-dealkylation sites (tertiary alicyclic amines) is 1. The van der Waals surface area contributed by atoms with Crippen LogP contribution in [0.25, 0.3) is 0 Å². The fraction of sp³-hybridized carbons (Fsp3) is 0.429. The summed E-state index contributed by atoms with van der Waals surface area (Å²) < 4.78 is 0. The molecule has 1 aromatic rings. The Labute approximate surface area is 121 Å². The third-order valence-electron chi connectivity index (χ3n) is 3.25. The molecule has 1 aliphatic heterocycles. The fourth-order valence-corrected chi connectivity index (χ4v) is 3.04. The van der Waals surface area contributed by atoms with Crippen molar-refractivity contribution in [3.05, 3.63) is 21.9 Å². The van der Waals surface area contributed by atoms with Gasteiger partial charge in [0.25, 0.3) is 5.91 Å². The third kappa shape index (κ3) is 3.18. The van der Waals surface area contributed by atoms with Crippen molar-refractivity contribution in [3.63, 3.8) is 0 Å². The minimum atomic E-state index is -0.491. The number of piperidine rings is 1. The van der Waals surface area contributed by atoms with E-state index in [0.717, 1.165) is 17.7 Å². The quantitative estimate of drug-likeness (QED) is 0.779. The summed E-state index contributed by atoms with van der Waals surface area (Å²) in [5.41, 5.74) is 11.3. The lowest BCUT2D eigenvalue weighted by atomic mass is 10.0. The predicted octanol–water partition coefficient (Wildman–Crippen LogP) is 0.538. The minimum Gasteiger partial charge on any atom is -0.368 e. The summed E-state index contributed by atoms with van der Waals surface area (Å²) in [6, 6.07) is 1.25. The first-order chi connectivity index (χ1) is 9.63. The molecule has 0 radical (unpaired) electrons. The summed E-state index contributed by atoms with van der Waals surface area (Å²) in [5, 5.41) is 1.76. The molecule has 2 heterocycles. The second-order valence-corrected chi connectivity index (χ2v) is 5.53. The molecule has 1 fully saturated rings. The lowest BCUT2D eigenvalue weighted by Crippen LogP contribution is -2.50. The molecule has 4 N–H and O–H groups in total. The third-order valence-corrected chi connectivity index (χ3v) is 4.10. The van der Waals surface area contributed by atoms with Gasteiger partial charge in [-0.1, -0.05) is 11.8 Å². The average Bonchev–Trinajstić information content (AvgIpc) is 2.93. The normalized spacial score (nSPS) is 18.2. The molecule has 0 saturated carbocycles. The van der Waals surface area contributed by atoms with Gasteiger partial charge >= 0.3 is 0 Å². The van der Waals surface area contributed by atoms with E-state index in [2.05, 4.69) is 11.8 Å². The molecule has 1 unspecified atom stereocenters. The molecular weight excluding hydrogens is 274 g/mol. The molecule has 6 heteroatoms. The zero-order valence-electron chi connectivity index (χ0n) is 11.1. The molecule has 1 saturated heterocycles. The molecule has 2 amide bonds. The summed E-state index contributed by atoms with van der Waals surface area (Å²) in [4.78, 5) is 26.3. The Morgan fingerprint density at radius 1 is 1.45 bits per heavy atom. The number of carbonyl (C=O) groups is 2. The largest absolute Gasteiger partial charge is 0.368 e. The number of hydrogen-bond donors (Lipinski definition) is 2. The Morgan fingerprint density at radius 3 is 2.95 bits per heavy atom. The molecular formula is C14H17N3O2S. The number of rotatable bonds is 2. The van der Waals surface area contributed by atoms with Gasteiger partial charge in [0, 0.05) is 11.9 Å². The lowest BCUT2D eigenvalue weighted by molar-refractivity contribution is -0.123. The highest BCUT2D eigenvalue weighted by Crippen LogP contribution is 2.22. The number of amides is 2. The second kappa shape index (κ2) is 6.55. The van der Waals surface area contributed by atoms with E-state index in [1.807, 2.05) is 0 Å². The van der Waals surface area contributed by atoms with E-state index < -0.39 is 11.9 Å². The van der Waals surface area contributed by atoms with Crippen LogP contribution < -0.4 is 11.5 Å². The number of nitrogens with zero attached hydrogens (tertiary/aromatic N) is 1. The number of hydrogen-bond acceptors (Lipinski definition) is 4. The monoisotopic (exact) mass is 291 g/mol. The number of nitrogens with two attached hydrogens (primary N) is 2. The molecule has 1 atom stereocenters. The van der Waals surface area contributed by atoms with Crippen molar-refractivity contribution in [2.75, 3.05) is 13.1 Å². The standard InChI is InChI=1S/C14H17N3O2S/c15-6-3-4-11-8-10(9-20-11)14(19)17-7-2-1-5-12(17)13(16)18/h8-9,12H,1-2,5-7,15H2,(H2,16,18). The average molecular weight is 291 g/mol. The van der Waals surface area contributed by atoms with Gasteiger partial charge in [-0.05, 0) is 25.3 Å². The maximum absolute atomic E-state index is 12.5. The minimum absolute atomic E-state index is 0.148. The zero-order chi connectivity index (χ0) is 14.5. The van der Waals surface area contributed by atoms with Gasteiger partial charge in [-0.3, -0.25) is 9.59 Å². The van der Waals surface area contributed by atoms with E-state index in [1.165, 1.54) is 11.3 Å². The van der Waals surface area contributed by atoms with Gasteiger partial charge in [0.15, 0.2) is 0 Å². The van der Waals surface area contributed by atoms with Crippen LogP contribution in [0, 0.1) is 11.8 Å². The van der Waals surface area contributed by atoms with Crippen molar-refractivity contribution in [1.29, 1.82) is 0 Å². The molecule has 20 heavy (non-hydrogen) atoms. The Hall–Kier alpha value is -1.84. The van der Waals surface area contributed by atoms with Gasteiger partial charge in [0.2, 0.25) is 5.91 Å². The van der Waals surface area contributed by atoms with Gasteiger partial charge in [0.1, 0.15) is 6.04 Å². The lowest BCUT2D eigenvalue weighted by Gasteiger charge is -2.33. The summed E-state index contributed by atoms with van der Waals surface area (Å²) in [6.45, 7) is 0.864. The second-order valence-electron chi connectivity index (χ2n) is 4.62. The molecule has 0 spiro atoms. The Bertz CT molecular complexity index is 570. The van der Waals surface area contributed by atoms with Gasteiger partial charge in [-0.15, -0.1) is 11.3 Å². The van der Waals surface area contributed by atoms with Gasteiger partial charge in [-0.2, -0.15) is 0 Å². The van der Waals surface area contributed by atoms with Gasteiger partial charge in [-0.25, -0.2) is 0 Å². The van der Waals surface area contributed by atoms with Crippen LogP contribution in [0.3, 0.4) is 0 Å². The molecule has 2 rings (SSSR count). The van der Waals surface area contributed by atoms with Gasteiger partial charge < -0.3 is 16.4 Å². The number of primary amides is 1. The first-order valence-corrected chi connectivity index (χ1v) is 7.39. The zero-order valence-corrected chi connectivity index (χ0v) is 11.9. The fourth-order valence-electron chi connectivity index (χ4n) is 2.29. The first-order valence-electron chi connectivity index (χ1n) is 6.51. The Balaban J connectivity index is 2.17. The maximum Gasteiger partial charge on any atom is 0.255 e. The van der Waals surface area contributed by atoms with Crippen LogP contribution in [0.5, 0.6) is 0 Å². The molecule has 106 valence electrons. The van der Waals surface area contributed by atoms with Crippen LogP contribution >= 0.6 is 11.3 Å². The molecule has 1 aliphatic rings. The summed E-state index contributed by atoms with van der Waals surface area (Å²) in [7, 11) is 0. The molecule has 5 nitrogen and oxygen atoms in total. The highest BCUT2D eigenvalue weighted by atomic mass is 32.1. The number of carbonyl (C=O) groups excluding carboxylic acids is 2. The van der Waals surface area contributed by atoms with E-state index in [-0.39, 0.29) is 12.5 Å². The van der Waals surface area contributed by atoms with Crippen molar-refractivity contribution < 1.29 is 9.59 Å². The van der Waals surface area contributed by atoms with Crippen LogP contribution in [-0.4, -0.2) is 35.8 Å². The van der Waals surface area contributed by atoms with E-state index in [1.54, 1.807) is 16.3 Å². The van der Waals surface area contributed by atoms with Gasteiger partial charge in [0.05, 0.1) is 17.0 Å². The van der Waals surface area contributed by atoms with Crippen molar-refractivity contribution in [3.8, 4) is 11.8 Å². The molecule has 1 aromatic heterocycles. The summed E-state index contributed by atoms with van der Waals surface area (Å²) in [6.07, 6.45) is 2.47. The van der Waals surface area contributed by atoms with Crippen molar-refractivity contribution >= 4 is 23.2 Å². The summed E-state index contributed by atoms with van der Waals surface area (Å²) in [5.74, 6) is 5.07. The highest BCUT2D eigenvalue weighted by Gasteiger charge is 2.31. The van der Waals surface area contributed by atoms with Crippen LogP contribution in [0.2, 0.25) is 0 Å².